The number of rotatable bonds is 7. The zero-order valence-corrected chi connectivity index (χ0v) is 24.9. The van der Waals surface area contributed by atoms with Gasteiger partial charge in [-0.3, -0.25) is 15.2 Å². The van der Waals surface area contributed by atoms with Crippen molar-refractivity contribution in [3.63, 3.8) is 0 Å². The van der Waals surface area contributed by atoms with Crippen molar-refractivity contribution >= 4 is 40.9 Å². The van der Waals surface area contributed by atoms with Crippen molar-refractivity contribution < 1.29 is 19.0 Å². The number of nitrogens with one attached hydrogen (secondary N) is 1. The van der Waals surface area contributed by atoms with E-state index in [0.29, 0.717) is 12.2 Å². The molecule has 3 aromatic heterocycles. The predicted molar refractivity (Wildman–Crippen MR) is 155 cm³/mol. The molecule has 2 aliphatic heterocycles. The molecule has 0 saturated carbocycles. The molecule has 3 aromatic rings. The number of thioether (sulfide) groups is 1. The van der Waals surface area contributed by atoms with Crippen LogP contribution in [0.1, 0.15) is 49.7 Å². The van der Waals surface area contributed by atoms with Gasteiger partial charge in [0.1, 0.15) is 16.4 Å². The van der Waals surface area contributed by atoms with E-state index in [2.05, 4.69) is 21.3 Å². The van der Waals surface area contributed by atoms with Crippen LogP contribution in [0, 0.1) is 13.8 Å². The van der Waals surface area contributed by atoms with Crippen molar-refractivity contribution in [2.24, 2.45) is 0 Å². The first kappa shape index (κ1) is 28.3. The molecule has 1 amide bonds. The predicted octanol–water partition coefficient (Wildman–Crippen LogP) is 4.45. The Morgan fingerprint density at radius 1 is 1.20 bits per heavy atom. The number of amides is 1. The molecule has 2 aliphatic rings. The lowest BCUT2D eigenvalue weighted by molar-refractivity contribution is 0.0385. The first-order valence-electron chi connectivity index (χ1n) is 13.5. The van der Waals surface area contributed by atoms with Crippen LogP contribution < -0.4 is 10.1 Å². The van der Waals surface area contributed by atoms with Gasteiger partial charge in [-0.15, -0.1) is 11.8 Å². The summed E-state index contributed by atoms with van der Waals surface area (Å²) in [5.41, 5.74) is 4.86. The number of anilines is 1. The van der Waals surface area contributed by atoms with E-state index in [1.165, 1.54) is 5.57 Å². The molecule has 0 aromatic carbocycles. The third-order valence-corrected chi connectivity index (χ3v) is 7.92. The highest BCUT2D eigenvalue weighted by Crippen LogP contribution is 2.36. The third-order valence-electron chi connectivity index (χ3n) is 6.84. The Kier molecular flexibility index (Phi) is 8.29. The van der Waals surface area contributed by atoms with Crippen molar-refractivity contribution in [3.05, 3.63) is 34.3 Å². The second-order valence-electron chi connectivity index (χ2n) is 11.1. The van der Waals surface area contributed by atoms with Crippen LogP contribution in [0.3, 0.4) is 0 Å². The van der Waals surface area contributed by atoms with Crippen LogP contribution in [0.25, 0.3) is 17.1 Å². The minimum absolute atomic E-state index is 0.180. The van der Waals surface area contributed by atoms with Crippen LogP contribution in [0.2, 0.25) is 0 Å². The summed E-state index contributed by atoms with van der Waals surface area (Å²) in [5.74, 6) is 1.78. The average molecular weight is 568 g/mol. The van der Waals surface area contributed by atoms with Gasteiger partial charge in [-0.1, -0.05) is 5.57 Å². The van der Waals surface area contributed by atoms with Crippen molar-refractivity contribution in [2.75, 3.05) is 51.0 Å². The quantitative estimate of drug-likeness (QED) is 0.410. The van der Waals surface area contributed by atoms with Crippen molar-refractivity contribution in [1.29, 1.82) is 0 Å². The molecule has 0 aliphatic carbocycles. The molecular formula is C28H37N7O4S. The van der Waals surface area contributed by atoms with E-state index in [1.807, 2.05) is 45.5 Å². The highest BCUT2D eigenvalue weighted by molar-refractivity contribution is 7.99. The topological polar surface area (TPSA) is 117 Å². The number of aromatic nitrogens is 5. The molecule has 0 atom stereocenters. The number of nitrogens with zero attached hydrogens (tertiary/aromatic N) is 6. The van der Waals surface area contributed by atoms with Gasteiger partial charge in [-0.2, -0.15) is 10.1 Å². The maximum absolute atomic E-state index is 12.6. The molecule has 0 unspecified atom stereocenters. The Morgan fingerprint density at radius 2 is 1.98 bits per heavy atom. The number of aryl methyl sites for hydroxylation is 1. The van der Waals surface area contributed by atoms with Crippen LogP contribution >= 0.6 is 11.8 Å². The second kappa shape index (κ2) is 11.7. The molecule has 12 heteroatoms. The minimum atomic E-state index is -0.642. The minimum Gasteiger partial charge on any atom is -0.496 e. The molecular weight excluding hydrogens is 530 g/mol. The Morgan fingerprint density at radius 3 is 2.70 bits per heavy atom. The van der Waals surface area contributed by atoms with E-state index in [0.717, 1.165) is 83.7 Å². The number of pyridine rings is 1. The zero-order valence-electron chi connectivity index (χ0n) is 24.0. The summed E-state index contributed by atoms with van der Waals surface area (Å²) in [6.07, 6.45) is 4.31. The van der Waals surface area contributed by atoms with E-state index < -0.39 is 11.7 Å². The maximum Gasteiger partial charge on any atom is 0.414 e. The van der Waals surface area contributed by atoms with Gasteiger partial charge in [0.05, 0.1) is 43.6 Å². The van der Waals surface area contributed by atoms with Gasteiger partial charge in [0.2, 0.25) is 5.95 Å². The van der Waals surface area contributed by atoms with Crippen LogP contribution in [0.5, 0.6) is 5.75 Å². The first-order valence-corrected chi connectivity index (χ1v) is 14.5. The number of ether oxygens (including phenoxy) is 3. The molecule has 1 saturated heterocycles. The highest BCUT2D eigenvalue weighted by Gasteiger charge is 2.25. The van der Waals surface area contributed by atoms with E-state index in [4.69, 9.17) is 29.3 Å². The summed E-state index contributed by atoms with van der Waals surface area (Å²) in [6, 6.07) is 0. The average Bonchev–Trinajstić information content (AvgIpc) is 3.12. The van der Waals surface area contributed by atoms with Gasteiger partial charge in [0.15, 0.2) is 5.65 Å². The molecule has 5 heterocycles. The van der Waals surface area contributed by atoms with Crippen LogP contribution in [-0.4, -0.2) is 87.0 Å². The summed E-state index contributed by atoms with van der Waals surface area (Å²) in [6.45, 7) is 14.3. The Balaban J connectivity index is 1.51. The molecule has 214 valence electrons. The van der Waals surface area contributed by atoms with E-state index >= 15 is 0 Å². The summed E-state index contributed by atoms with van der Waals surface area (Å²) in [4.78, 5) is 29.1. The van der Waals surface area contributed by atoms with Gasteiger partial charge in [0, 0.05) is 42.7 Å². The number of hydrogen-bond acceptors (Lipinski definition) is 10. The van der Waals surface area contributed by atoms with Gasteiger partial charge < -0.3 is 14.2 Å². The SMILES string of the molecule is COc1c(C)cnc(Cn2nc3c4c(nc(NC(=O)OC(C)(C)C)nc42)SCC(CCN2CCOCC2)=C3)c1C. The monoisotopic (exact) mass is 567 g/mol. The zero-order chi connectivity index (χ0) is 28.4. The first-order chi connectivity index (χ1) is 19.1. The largest absolute Gasteiger partial charge is 0.496 e. The molecule has 5 rings (SSSR count). The molecule has 11 nitrogen and oxygen atoms in total. The van der Waals surface area contributed by atoms with E-state index in [-0.39, 0.29) is 5.95 Å². The Bertz CT molecular complexity index is 1440. The standard InChI is InChI=1S/C28H37N7O4S/c1-17-14-29-21(18(2)23(17)37-6)15-35-24-22-20(33-35)13-19(7-8-34-9-11-38-12-10-34)16-40-25(22)31-26(30-24)32-27(36)39-28(3,4)5/h13-14H,7-12,15-16H2,1-6H3,(H,30,31,32,36). The fourth-order valence-corrected chi connectivity index (χ4v) is 5.91. The molecule has 0 bridgehead atoms. The summed E-state index contributed by atoms with van der Waals surface area (Å²) in [5, 5.41) is 9.35. The number of hydrogen-bond donors (Lipinski definition) is 1. The van der Waals surface area contributed by atoms with Gasteiger partial charge in [-0.25, -0.2) is 14.5 Å². The number of morpholine rings is 1. The lowest BCUT2D eigenvalue weighted by atomic mass is 10.1. The maximum atomic E-state index is 12.6. The smallest absolute Gasteiger partial charge is 0.414 e. The molecule has 0 spiro atoms. The fourth-order valence-electron chi connectivity index (χ4n) is 4.87. The molecule has 1 fully saturated rings. The van der Waals surface area contributed by atoms with Crippen LogP contribution in [0.4, 0.5) is 10.7 Å². The van der Waals surface area contributed by atoms with Crippen LogP contribution in [0.15, 0.2) is 16.8 Å². The summed E-state index contributed by atoms with van der Waals surface area (Å²) >= 11 is 1.64. The number of carbonyl (C=O) groups excluding carboxylic acids is 1. The molecule has 1 N–H and O–H groups in total. The van der Waals surface area contributed by atoms with E-state index in [1.54, 1.807) is 18.9 Å². The Hall–Kier alpha value is -3.22. The van der Waals surface area contributed by atoms with Gasteiger partial charge in [0.25, 0.3) is 0 Å². The van der Waals surface area contributed by atoms with Crippen molar-refractivity contribution in [3.8, 4) is 5.75 Å². The third kappa shape index (κ3) is 6.39. The number of carbonyl (C=O) groups is 1. The summed E-state index contributed by atoms with van der Waals surface area (Å²) in [7, 11) is 1.67. The van der Waals surface area contributed by atoms with Crippen molar-refractivity contribution in [2.45, 2.75) is 58.2 Å². The molecule has 40 heavy (non-hydrogen) atoms. The highest BCUT2D eigenvalue weighted by atomic mass is 32.2. The lowest BCUT2D eigenvalue weighted by Gasteiger charge is -2.26. The molecule has 0 radical (unpaired) electrons. The lowest BCUT2D eigenvalue weighted by Crippen LogP contribution is -2.37. The fraction of sp³-hybridized carbons (Fsp3) is 0.536. The normalized spacial score (nSPS) is 16.0. The Labute approximate surface area is 238 Å². The summed E-state index contributed by atoms with van der Waals surface area (Å²) < 4.78 is 18.4. The van der Waals surface area contributed by atoms with Crippen molar-refractivity contribution in [1.82, 2.24) is 29.6 Å². The second-order valence-corrected chi connectivity index (χ2v) is 12.0. The van der Waals surface area contributed by atoms with Gasteiger partial charge >= 0.3 is 6.09 Å². The van der Waals surface area contributed by atoms with Crippen LogP contribution in [-0.2, 0) is 16.0 Å². The number of methoxy groups -OCH3 is 1. The van der Waals surface area contributed by atoms with E-state index in [9.17, 15) is 4.79 Å². The van der Waals surface area contributed by atoms with Gasteiger partial charge in [-0.05, 0) is 47.1 Å².